The van der Waals surface area contributed by atoms with Crippen LogP contribution in [-0.4, -0.2) is 4.98 Å². The Morgan fingerprint density at radius 2 is 2.45 bits per heavy atom. The number of hydrogen-bond donors (Lipinski definition) is 1. The fraction of sp³-hybridized carbons (Fsp3) is 0.625. The maximum Gasteiger partial charge on any atom is 0.109 e. The normalized spacial score (nSPS) is 13.4. The summed E-state index contributed by atoms with van der Waals surface area (Å²) in [6.45, 7) is 4.12. The van der Waals surface area contributed by atoms with E-state index in [1.807, 2.05) is 6.92 Å². The quantitative estimate of drug-likeness (QED) is 0.754. The number of aryl methyl sites for hydroxylation is 1. The average molecular weight is 170 g/mol. The largest absolute Gasteiger partial charge is 0.322 e. The Morgan fingerprint density at radius 1 is 1.73 bits per heavy atom. The maximum absolute atomic E-state index is 5.67. The minimum Gasteiger partial charge on any atom is -0.322 e. The van der Waals surface area contributed by atoms with Crippen LogP contribution < -0.4 is 5.73 Å². The number of rotatable bonds is 3. The van der Waals surface area contributed by atoms with E-state index in [1.54, 1.807) is 11.3 Å². The first-order valence-electron chi connectivity index (χ1n) is 3.94. The first-order valence-corrected chi connectivity index (χ1v) is 4.82. The molecule has 1 aromatic rings. The monoisotopic (exact) mass is 170 g/mol. The van der Waals surface area contributed by atoms with E-state index in [9.17, 15) is 0 Å². The molecule has 11 heavy (non-hydrogen) atoms. The van der Waals surface area contributed by atoms with Crippen molar-refractivity contribution in [3.05, 3.63) is 16.1 Å². The predicted octanol–water partition coefficient (Wildman–Crippen LogP) is 2.12. The summed E-state index contributed by atoms with van der Waals surface area (Å²) in [7, 11) is 0. The molecule has 0 amide bonds. The molecule has 0 unspecified atom stereocenters. The Bertz CT molecular complexity index is 218. The zero-order valence-corrected chi connectivity index (χ0v) is 7.82. The minimum absolute atomic E-state index is 0.0885. The number of aromatic nitrogens is 1. The molecule has 0 radical (unpaired) electrons. The second-order valence-electron chi connectivity index (χ2n) is 2.72. The van der Waals surface area contributed by atoms with Gasteiger partial charge in [0, 0.05) is 5.38 Å². The highest BCUT2D eigenvalue weighted by Crippen LogP contribution is 2.16. The van der Waals surface area contributed by atoms with Gasteiger partial charge in [0.05, 0.1) is 11.7 Å². The van der Waals surface area contributed by atoms with E-state index < -0.39 is 0 Å². The Hall–Kier alpha value is -0.410. The summed E-state index contributed by atoms with van der Waals surface area (Å²) in [6, 6.07) is 0.0885. The van der Waals surface area contributed by atoms with Gasteiger partial charge in [-0.3, -0.25) is 0 Å². The van der Waals surface area contributed by atoms with Crippen LogP contribution in [0, 0.1) is 0 Å². The molecule has 0 aromatic carbocycles. The van der Waals surface area contributed by atoms with Gasteiger partial charge in [-0.25, -0.2) is 4.98 Å². The van der Waals surface area contributed by atoms with Gasteiger partial charge in [0.15, 0.2) is 0 Å². The Morgan fingerprint density at radius 3 is 2.91 bits per heavy atom. The lowest BCUT2D eigenvalue weighted by Crippen LogP contribution is -2.04. The first kappa shape index (κ1) is 8.68. The molecule has 0 fully saturated rings. The Kier molecular flexibility index (Phi) is 3.02. The van der Waals surface area contributed by atoms with Crippen LogP contribution in [0.2, 0.25) is 0 Å². The Labute approximate surface area is 71.5 Å². The van der Waals surface area contributed by atoms with Crippen LogP contribution >= 0.6 is 11.3 Å². The van der Waals surface area contributed by atoms with Gasteiger partial charge in [0.25, 0.3) is 0 Å². The van der Waals surface area contributed by atoms with Crippen LogP contribution in [0.1, 0.15) is 37.0 Å². The highest BCUT2D eigenvalue weighted by molar-refractivity contribution is 7.09. The van der Waals surface area contributed by atoms with Crippen molar-refractivity contribution in [3.63, 3.8) is 0 Å². The Balaban J connectivity index is 2.66. The van der Waals surface area contributed by atoms with Crippen molar-refractivity contribution < 1.29 is 0 Å². The van der Waals surface area contributed by atoms with E-state index in [-0.39, 0.29) is 6.04 Å². The van der Waals surface area contributed by atoms with Gasteiger partial charge in [-0.1, -0.05) is 13.3 Å². The maximum atomic E-state index is 5.67. The summed E-state index contributed by atoms with van der Waals surface area (Å²) in [5.41, 5.74) is 6.86. The van der Waals surface area contributed by atoms with Crippen molar-refractivity contribution in [2.75, 3.05) is 0 Å². The molecule has 0 aliphatic heterocycles. The second-order valence-corrected chi connectivity index (χ2v) is 3.61. The van der Waals surface area contributed by atoms with Crippen LogP contribution in [0.5, 0.6) is 0 Å². The van der Waals surface area contributed by atoms with Crippen molar-refractivity contribution in [1.82, 2.24) is 4.98 Å². The molecule has 1 aromatic heterocycles. The molecule has 3 heteroatoms. The van der Waals surface area contributed by atoms with Gasteiger partial charge >= 0.3 is 0 Å². The molecule has 0 saturated heterocycles. The summed E-state index contributed by atoms with van der Waals surface area (Å²) in [5.74, 6) is 0. The molecule has 0 saturated carbocycles. The van der Waals surface area contributed by atoms with E-state index >= 15 is 0 Å². The van der Waals surface area contributed by atoms with E-state index in [0.29, 0.717) is 0 Å². The smallest absolute Gasteiger partial charge is 0.109 e. The average Bonchev–Trinajstić information content (AvgIpc) is 2.37. The number of nitrogens with two attached hydrogens (primary N) is 1. The summed E-state index contributed by atoms with van der Waals surface area (Å²) in [4.78, 5) is 4.39. The summed E-state index contributed by atoms with van der Waals surface area (Å²) in [5, 5.41) is 3.15. The topological polar surface area (TPSA) is 38.9 Å². The summed E-state index contributed by atoms with van der Waals surface area (Å²) in [6.07, 6.45) is 2.23. The van der Waals surface area contributed by atoms with Crippen molar-refractivity contribution >= 4 is 11.3 Å². The third kappa shape index (κ3) is 2.27. The molecule has 0 bridgehead atoms. The van der Waals surface area contributed by atoms with Gasteiger partial charge in [-0.05, 0) is 13.3 Å². The van der Waals surface area contributed by atoms with Crippen LogP contribution in [0.4, 0.5) is 0 Å². The molecule has 2 nitrogen and oxygen atoms in total. The van der Waals surface area contributed by atoms with E-state index in [1.165, 1.54) is 5.69 Å². The van der Waals surface area contributed by atoms with Crippen LogP contribution in [0.15, 0.2) is 5.38 Å². The molecule has 1 heterocycles. The highest BCUT2D eigenvalue weighted by Gasteiger charge is 2.04. The van der Waals surface area contributed by atoms with E-state index in [0.717, 1.165) is 17.8 Å². The molecule has 1 atom stereocenters. The summed E-state index contributed by atoms with van der Waals surface area (Å²) >= 11 is 1.66. The third-order valence-corrected chi connectivity index (χ3v) is 2.56. The first-order chi connectivity index (χ1) is 5.24. The lowest BCUT2D eigenvalue weighted by molar-refractivity contribution is 0.789. The molecule has 0 spiro atoms. The second kappa shape index (κ2) is 3.83. The molecule has 0 aliphatic rings. The van der Waals surface area contributed by atoms with Gasteiger partial charge < -0.3 is 5.73 Å². The number of nitrogens with zero attached hydrogens (tertiary/aromatic N) is 1. The van der Waals surface area contributed by atoms with Gasteiger partial charge in [-0.2, -0.15) is 0 Å². The zero-order chi connectivity index (χ0) is 8.27. The lowest BCUT2D eigenvalue weighted by Gasteiger charge is -1.96. The van der Waals surface area contributed by atoms with Crippen molar-refractivity contribution in [2.24, 2.45) is 5.73 Å². The van der Waals surface area contributed by atoms with Gasteiger partial charge in [0.2, 0.25) is 0 Å². The molecule has 62 valence electrons. The number of hydrogen-bond acceptors (Lipinski definition) is 3. The molecular weight excluding hydrogens is 156 g/mol. The molecule has 0 aliphatic carbocycles. The molecular formula is C8H14N2S. The van der Waals surface area contributed by atoms with E-state index in [4.69, 9.17) is 5.73 Å². The molecule has 1 rings (SSSR count). The lowest BCUT2D eigenvalue weighted by atomic mass is 10.3. The standard InChI is InChI=1S/C8H14N2S/c1-3-4-7-5-11-8(10-7)6(2)9/h5-6H,3-4,9H2,1-2H3/t6-/m0/s1. The SMILES string of the molecule is CCCc1csc([C@H](C)N)n1. The zero-order valence-electron chi connectivity index (χ0n) is 7.00. The van der Waals surface area contributed by atoms with Gasteiger partial charge in [0.1, 0.15) is 5.01 Å². The summed E-state index contributed by atoms with van der Waals surface area (Å²) < 4.78 is 0. The van der Waals surface area contributed by atoms with Crippen molar-refractivity contribution in [3.8, 4) is 0 Å². The number of thiazole rings is 1. The minimum atomic E-state index is 0.0885. The molecule has 2 N–H and O–H groups in total. The third-order valence-electron chi connectivity index (χ3n) is 1.47. The predicted molar refractivity (Wildman–Crippen MR) is 48.7 cm³/mol. The van der Waals surface area contributed by atoms with Crippen molar-refractivity contribution in [2.45, 2.75) is 32.7 Å². The fourth-order valence-corrected chi connectivity index (χ4v) is 1.71. The van der Waals surface area contributed by atoms with E-state index in [2.05, 4.69) is 17.3 Å². The fourth-order valence-electron chi connectivity index (χ4n) is 0.903. The highest BCUT2D eigenvalue weighted by atomic mass is 32.1. The van der Waals surface area contributed by atoms with Crippen molar-refractivity contribution in [1.29, 1.82) is 0 Å². The van der Waals surface area contributed by atoms with Crippen LogP contribution in [0.25, 0.3) is 0 Å². The van der Waals surface area contributed by atoms with Gasteiger partial charge in [-0.15, -0.1) is 11.3 Å². The van der Waals surface area contributed by atoms with Crippen LogP contribution in [-0.2, 0) is 6.42 Å². The van der Waals surface area contributed by atoms with Crippen LogP contribution in [0.3, 0.4) is 0 Å².